The normalized spacial score (nSPS) is 26.5. The highest BCUT2D eigenvalue weighted by Crippen LogP contribution is 2.39. The Morgan fingerprint density at radius 2 is 1.65 bits per heavy atom. The Kier molecular flexibility index (Phi) is 6.66. The molecule has 0 bridgehead atoms. The minimum atomic E-state index is -0.617. The number of hydrogen-bond acceptors (Lipinski definition) is 1. The van der Waals surface area contributed by atoms with Gasteiger partial charge >= 0.3 is 0 Å². The van der Waals surface area contributed by atoms with E-state index in [9.17, 15) is 13.2 Å². The predicted octanol–water partition coefficient (Wildman–Crippen LogP) is 7.07. The van der Waals surface area contributed by atoms with E-state index in [4.69, 9.17) is 4.74 Å². The maximum Gasteiger partial charge on any atom is 0.190 e. The van der Waals surface area contributed by atoms with Crippen LogP contribution >= 0.6 is 0 Å². The molecule has 1 aromatic carbocycles. The predicted molar refractivity (Wildman–Crippen MR) is 98.0 cm³/mol. The van der Waals surface area contributed by atoms with Gasteiger partial charge in [-0.15, -0.1) is 0 Å². The summed E-state index contributed by atoms with van der Waals surface area (Å²) in [6.07, 6.45) is 9.90. The molecule has 1 saturated carbocycles. The average Bonchev–Trinajstić information content (AvgIpc) is 2.63. The maximum absolute atomic E-state index is 14.4. The van der Waals surface area contributed by atoms with Crippen LogP contribution in [0.25, 0.3) is 0 Å². The Labute approximate surface area is 154 Å². The summed E-state index contributed by atoms with van der Waals surface area (Å²) < 4.78 is 47.4. The molecule has 0 spiro atoms. The van der Waals surface area contributed by atoms with Gasteiger partial charge in [0, 0.05) is 0 Å². The van der Waals surface area contributed by atoms with Crippen LogP contribution < -0.4 is 4.74 Å². The van der Waals surface area contributed by atoms with Crippen molar-refractivity contribution >= 4 is 0 Å². The Morgan fingerprint density at radius 3 is 2.23 bits per heavy atom. The van der Waals surface area contributed by atoms with E-state index >= 15 is 0 Å². The SMILES string of the molecule is CCCC1CCC(c2cc(F)c(OCC3CC=C(F)CC3)c(F)c2)CC1. The van der Waals surface area contributed by atoms with Gasteiger partial charge in [0.25, 0.3) is 0 Å². The molecule has 3 rings (SSSR count). The van der Waals surface area contributed by atoms with Crippen LogP contribution in [-0.4, -0.2) is 6.61 Å². The standard InChI is InChI=1S/C22H29F3O/c1-2-3-15-4-8-17(9-5-15)18-12-20(24)22(21(25)13-18)26-14-16-6-10-19(23)11-7-16/h10,12-13,15-17H,2-9,11,14H2,1H3. The highest BCUT2D eigenvalue weighted by atomic mass is 19.1. The second kappa shape index (κ2) is 8.96. The van der Waals surface area contributed by atoms with Crippen molar-refractivity contribution in [3.05, 3.63) is 41.2 Å². The first-order chi connectivity index (χ1) is 12.6. The Balaban J connectivity index is 1.60. The molecule has 1 aromatic rings. The summed E-state index contributed by atoms with van der Waals surface area (Å²) in [6.45, 7) is 2.43. The fourth-order valence-corrected chi connectivity index (χ4v) is 4.35. The van der Waals surface area contributed by atoms with Crippen LogP contribution in [0.15, 0.2) is 24.0 Å². The van der Waals surface area contributed by atoms with Crippen LogP contribution in [-0.2, 0) is 0 Å². The third-order valence-electron chi connectivity index (χ3n) is 5.96. The summed E-state index contributed by atoms with van der Waals surface area (Å²) in [5.41, 5.74) is 0.755. The lowest BCUT2D eigenvalue weighted by Gasteiger charge is -2.29. The van der Waals surface area contributed by atoms with Gasteiger partial charge < -0.3 is 4.74 Å². The van der Waals surface area contributed by atoms with Gasteiger partial charge in [0.1, 0.15) is 0 Å². The number of benzene rings is 1. The molecule has 0 heterocycles. The van der Waals surface area contributed by atoms with Crippen molar-refractivity contribution in [2.75, 3.05) is 6.61 Å². The molecule has 0 aliphatic heterocycles. The summed E-state index contributed by atoms with van der Waals surface area (Å²) in [4.78, 5) is 0. The Morgan fingerprint density at radius 1 is 0.962 bits per heavy atom. The highest BCUT2D eigenvalue weighted by Gasteiger charge is 2.25. The molecule has 1 nitrogen and oxygen atoms in total. The first-order valence-corrected chi connectivity index (χ1v) is 10.0. The molecule has 0 amide bonds. The molecule has 4 heteroatoms. The Bertz CT molecular complexity index is 609. The molecule has 1 atom stereocenters. The zero-order valence-corrected chi connectivity index (χ0v) is 15.6. The quantitative estimate of drug-likeness (QED) is 0.523. The van der Waals surface area contributed by atoms with E-state index in [-0.39, 0.29) is 30.0 Å². The van der Waals surface area contributed by atoms with Gasteiger partial charge in [-0.3, -0.25) is 0 Å². The van der Waals surface area contributed by atoms with Crippen molar-refractivity contribution in [3.8, 4) is 5.75 Å². The molecule has 2 aliphatic rings. The maximum atomic E-state index is 14.4. The summed E-state index contributed by atoms with van der Waals surface area (Å²) in [7, 11) is 0. The largest absolute Gasteiger partial charge is 0.487 e. The fourth-order valence-electron chi connectivity index (χ4n) is 4.35. The lowest BCUT2D eigenvalue weighted by Crippen LogP contribution is -2.16. The molecular formula is C22H29F3O. The summed E-state index contributed by atoms with van der Waals surface area (Å²) in [5.74, 6) is -0.501. The first kappa shape index (κ1) is 19.3. The van der Waals surface area contributed by atoms with E-state index in [1.165, 1.54) is 25.0 Å². The van der Waals surface area contributed by atoms with Crippen LogP contribution in [0, 0.1) is 23.5 Å². The number of ether oxygens (including phenoxy) is 1. The number of rotatable bonds is 6. The van der Waals surface area contributed by atoms with Crippen molar-refractivity contribution in [1.82, 2.24) is 0 Å². The Hall–Kier alpha value is -1.45. The van der Waals surface area contributed by atoms with Gasteiger partial charge in [-0.25, -0.2) is 13.2 Å². The van der Waals surface area contributed by atoms with Crippen LogP contribution in [0.4, 0.5) is 13.2 Å². The molecule has 0 saturated heterocycles. The summed E-state index contributed by atoms with van der Waals surface area (Å²) in [5, 5.41) is 0. The van der Waals surface area contributed by atoms with Gasteiger partial charge in [-0.2, -0.15) is 0 Å². The molecule has 0 radical (unpaired) electrons. The van der Waals surface area contributed by atoms with E-state index in [0.717, 1.165) is 37.2 Å². The topological polar surface area (TPSA) is 9.23 Å². The lowest BCUT2D eigenvalue weighted by molar-refractivity contribution is 0.215. The monoisotopic (exact) mass is 366 g/mol. The van der Waals surface area contributed by atoms with E-state index in [1.807, 2.05) is 0 Å². The van der Waals surface area contributed by atoms with Gasteiger partial charge in [0.2, 0.25) is 0 Å². The zero-order valence-electron chi connectivity index (χ0n) is 15.6. The highest BCUT2D eigenvalue weighted by molar-refractivity contribution is 5.33. The average molecular weight is 366 g/mol. The van der Waals surface area contributed by atoms with E-state index in [0.29, 0.717) is 19.3 Å². The zero-order chi connectivity index (χ0) is 18.5. The second-order valence-corrected chi connectivity index (χ2v) is 7.92. The first-order valence-electron chi connectivity index (χ1n) is 10.0. The van der Waals surface area contributed by atoms with Crippen molar-refractivity contribution in [3.63, 3.8) is 0 Å². The molecule has 0 aromatic heterocycles. The number of hydrogen-bond donors (Lipinski definition) is 0. The fraction of sp³-hybridized carbons (Fsp3) is 0.636. The third-order valence-corrected chi connectivity index (χ3v) is 5.96. The van der Waals surface area contributed by atoms with Gasteiger partial charge in [0.15, 0.2) is 17.4 Å². The van der Waals surface area contributed by atoms with Gasteiger partial charge in [-0.05, 0) is 80.4 Å². The summed E-state index contributed by atoms with van der Waals surface area (Å²) >= 11 is 0. The van der Waals surface area contributed by atoms with Crippen molar-refractivity contribution in [2.45, 2.75) is 70.6 Å². The minimum Gasteiger partial charge on any atom is -0.487 e. The number of allylic oxidation sites excluding steroid dienone is 2. The number of halogens is 3. The molecule has 2 aliphatic carbocycles. The summed E-state index contributed by atoms with van der Waals surface area (Å²) in [6, 6.07) is 2.90. The second-order valence-electron chi connectivity index (χ2n) is 7.92. The van der Waals surface area contributed by atoms with E-state index in [2.05, 4.69) is 6.92 Å². The lowest BCUT2D eigenvalue weighted by atomic mass is 9.77. The van der Waals surface area contributed by atoms with Crippen molar-refractivity contribution in [2.24, 2.45) is 11.8 Å². The molecule has 144 valence electrons. The molecule has 0 N–H and O–H groups in total. The molecule has 1 unspecified atom stereocenters. The van der Waals surface area contributed by atoms with Gasteiger partial charge in [0.05, 0.1) is 12.4 Å². The molecular weight excluding hydrogens is 337 g/mol. The third kappa shape index (κ3) is 4.83. The van der Waals surface area contributed by atoms with Crippen molar-refractivity contribution < 1.29 is 17.9 Å². The van der Waals surface area contributed by atoms with E-state index in [1.54, 1.807) is 6.08 Å². The van der Waals surface area contributed by atoms with Crippen LogP contribution in [0.2, 0.25) is 0 Å². The van der Waals surface area contributed by atoms with Crippen LogP contribution in [0.3, 0.4) is 0 Å². The van der Waals surface area contributed by atoms with Crippen LogP contribution in [0.1, 0.15) is 76.2 Å². The molecule has 26 heavy (non-hydrogen) atoms. The van der Waals surface area contributed by atoms with Gasteiger partial charge in [-0.1, -0.05) is 25.8 Å². The van der Waals surface area contributed by atoms with Crippen LogP contribution in [0.5, 0.6) is 5.75 Å². The van der Waals surface area contributed by atoms with E-state index < -0.39 is 11.6 Å². The van der Waals surface area contributed by atoms with Crippen molar-refractivity contribution in [1.29, 1.82) is 0 Å². The smallest absolute Gasteiger partial charge is 0.190 e. The minimum absolute atomic E-state index is 0.100. The molecule has 1 fully saturated rings.